The molecule has 4 amide bonds. The molecule has 0 bridgehead atoms. The van der Waals surface area contributed by atoms with Gasteiger partial charge in [0, 0.05) is 62.9 Å². The molecule has 3 heterocycles. The zero-order valence-electron chi connectivity index (χ0n) is 70.0. The van der Waals surface area contributed by atoms with Gasteiger partial charge in [-0.25, -0.2) is 35.2 Å². The third kappa shape index (κ3) is 22.5. The molecule has 0 saturated heterocycles. The molecule has 5 atom stereocenters. The van der Waals surface area contributed by atoms with Gasteiger partial charge in [-0.1, -0.05) is 133 Å². The lowest BCUT2D eigenvalue weighted by atomic mass is 9.77. The molecule has 1 aliphatic carbocycles. The topological polar surface area (TPSA) is 463 Å². The Kier molecular flexibility index (Phi) is 30.5. The quantitative estimate of drug-likeness (QED) is 0.00530. The van der Waals surface area contributed by atoms with Crippen LogP contribution in [-0.2, 0) is 60.4 Å². The first-order valence-electron chi connectivity index (χ1n) is 39.8. The fraction of sp³-hybridized carbons (Fsp3) is 0.256. The van der Waals surface area contributed by atoms with Gasteiger partial charge < -0.3 is 39.7 Å². The highest BCUT2D eigenvalue weighted by Gasteiger charge is 2.50. The average molecular weight is 1870 g/mol. The van der Waals surface area contributed by atoms with E-state index in [0.717, 1.165) is 70.4 Å². The molecular weight excluding hydrogens is 1780 g/mol. The number of hydrazone groups is 1. The molecule has 0 radical (unpaired) electrons. The number of carboxylic acids is 2. The number of ether oxygens (including phenoxy) is 3. The zero-order chi connectivity index (χ0) is 93.9. The molecule has 4 aliphatic rings. The first-order chi connectivity index (χ1) is 61.0. The minimum absolute atomic E-state index is 0.00605. The van der Waals surface area contributed by atoms with Gasteiger partial charge in [0.2, 0.25) is 15.9 Å². The van der Waals surface area contributed by atoms with Crippen molar-refractivity contribution in [2.45, 2.75) is 123 Å². The Balaban J connectivity index is 0.000000168. The number of carbonyl (C=O) groups excluding carboxylic acids is 6. The number of fused-ring (bicyclic) bond motifs is 4. The van der Waals surface area contributed by atoms with E-state index in [1.807, 2.05) is 48.5 Å². The van der Waals surface area contributed by atoms with Crippen LogP contribution in [0.1, 0.15) is 151 Å². The van der Waals surface area contributed by atoms with Gasteiger partial charge in [-0.05, 0) is 161 Å². The average Bonchev–Trinajstić information content (AvgIpc) is 1.03. The molecule has 10 aromatic carbocycles. The number of sulfonamides is 3. The van der Waals surface area contributed by atoms with Gasteiger partial charge in [0.25, 0.3) is 49.2 Å². The van der Waals surface area contributed by atoms with Crippen LogP contribution in [0.15, 0.2) is 225 Å². The Labute approximate surface area is 748 Å². The van der Waals surface area contributed by atoms with E-state index in [1.165, 1.54) is 112 Å². The molecule has 0 spiro atoms. The third-order valence-electron chi connectivity index (χ3n) is 21.5. The molecule has 5 unspecified atom stereocenters. The predicted molar refractivity (Wildman–Crippen MR) is 474 cm³/mol. The number of benzene rings is 10. The van der Waals surface area contributed by atoms with Gasteiger partial charge in [-0.15, -0.1) is 11.8 Å². The molecule has 1 saturated carbocycles. The largest absolute Gasteiger partial charge is 0.507 e. The molecule has 676 valence electrons. The van der Waals surface area contributed by atoms with Crippen LogP contribution >= 0.6 is 23.4 Å². The number of nitro groups is 1. The maximum atomic E-state index is 13.7. The molecule has 3 aliphatic heterocycles. The van der Waals surface area contributed by atoms with Crippen molar-refractivity contribution in [3.63, 3.8) is 0 Å². The summed E-state index contributed by atoms with van der Waals surface area (Å²) in [6, 6.07) is 50.7. The number of nitro benzene ring substituents is 1. The van der Waals surface area contributed by atoms with Crippen molar-refractivity contribution >= 4 is 140 Å². The number of aliphatic carboxylic acids is 1. The van der Waals surface area contributed by atoms with Gasteiger partial charge in [-0.2, -0.15) is 18.3 Å². The Morgan fingerprint density at radius 1 is 0.682 bits per heavy atom. The first-order valence-corrected chi connectivity index (χ1v) is 45.6. The number of carboxylic acid groups (broad SMARTS) is 2. The lowest BCUT2D eigenvalue weighted by molar-refractivity contribution is -0.385. The number of carbonyl (C=O) groups is 8. The Bertz CT molecular complexity index is 6450. The number of amides is 4. The number of ketones is 1. The number of Topliss-reactive ketones (excluding diaryl/α,β-unsaturated/α-hetero) is 1. The number of phenols is 1. The normalized spacial score (nSPS) is 16.3. The van der Waals surface area contributed by atoms with E-state index in [-0.39, 0.29) is 90.0 Å². The minimum atomic E-state index is -5.43. The van der Waals surface area contributed by atoms with Crippen LogP contribution in [0.3, 0.4) is 0 Å². The number of esters is 1. The SMILES string of the molecule is COc1ccc(C(C)=NNc2ccc([N+](=O)[O-])cc2S(=O)(=O)Nc2ccccc2C(=O)O)c(OC)c1.Cc1ccc(S(=O)(=O)Nc2cc(C(C(=O)OC(C)C)C(=O)C(F)(F)F)c(O)c3ccccc23)c(C)c1.NS(=O)(=O)c1cc(C(=O)NC2CCSc3ccccc32)ccc1Cl.O=C(O)C1CCCCC1C(=O)N1CCc2ccccc2C1CN1C(=O)c2ccccc2C1=O. The van der Waals surface area contributed by atoms with Crippen LogP contribution < -0.4 is 34.8 Å². The number of nitrogens with zero attached hydrogens (tertiary/aromatic N) is 4. The number of imide groups is 1. The number of primary sulfonamides is 1. The number of para-hydroxylation sites is 1. The lowest BCUT2D eigenvalue weighted by Gasteiger charge is -2.42. The smallest absolute Gasteiger partial charge is 0.451 e. The van der Waals surface area contributed by atoms with Crippen LogP contribution in [0.4, 0.5) is 35.9 Å². The molecule has 31 nitrogen and oxygen atoms in total. The molecule has 39 heteroatoms. The van der Waals surface area contributed by atoms with Gasteiger partial charge >= 0.3 is 24.1 Å². The van der Waals surface area contributed by atoms with Gasteiger partial charge in [0.15, 0.2) is 5.92 Å². The second kappa shape index (κ2) is 40.8. The summed E-state index contributed by atoms with van der Waals surface area (Å²) in [5.41, 5.74) is 6.90. The van der Waals surface area contributed by atoms with E-state index in [0.29, 0.717) is 65.3 Å². The molecular formula is C90H87ClF3N9O22S4. The minimum Gasteiger partial charge on any atom is -0.507 e. The van der Waals surface area contributed by atoms with E-state index in [1.54, 1.807) is 92.0 Å². The number of phenolic OH excluding ortho intramolecular Hbond substituents is 1. The monoisotopic (exact) mass is 1870 g/mol. The lowest BCUT2D eigenvalue weighted by Crippen LogP contribution is -2.50. The number of halogens is 4. The Morgan fingerprint density at radius 3 is 1.94 bits per heavy atom. The summed E-state index contributed by atoms with van der Waals surface area (Å²) in [5, 5.41) is 53.6. The van der Waals surface area contributed by atoms with E-state index >= 15 is 0 Å². The van der Waals surface area contributed by atoms with Crippen LogP contribution in [0.5, 0.6) is 17.2 Å². The number of nitrogens with one attached hydrogen (secondary N) is 4. The van der Waals surface area contributed by atoms with Crippen molar-refractivity contribution < 1.29 is 111 Å². The number of aromatic carboxylic acids is 1. The number of aromatic hydroxyl groups is 1. The number of anilines is 3. The highest BCUT2D eigenvalue weighted by molar-refractivity contribution is 7.99. The van der Waals surface area contributed by atoms with Gasteiger partial charge in [0.05, 0.1) is 105 Å². The number of alkyl halides is 3. The maximum absolute atomic E-state index is 13.7. The molecule has 10 aromatic rings. The number of hydrogen-bond donors (Lipinski definition) is 8. The van der Waals surface area contributed by atoms with Gasteiger partial charge in [-0.3, -0.25) is 63.4 Å². The molecule has 14 rings (SSSR count). The van der Waals surface area contributed by atoms with Crippen molar-refractivity contribution in [1.82, 2.24) is 15.1 Å². The van der Waals surface area contributed by atoms with Crippen molar-refractivity contribution in [1.29, 1.82) is 0 Å². The summed E-state index contributed by atoms with van der Waals surface area (Å²) in [7, 11) is -9.73. The summed E-state index contributed by atoms with van der Waals surface area (Å²) >= 11 is 7.61. The third-order valence-corrected chi connectivity index (χ3v) is 26.9. The van der Waals surface area contributed by atoms with E-state index in [9.17, 15) is 102 Å². The predicted octanol–water partition coefficient (Wildman–Crippen LogP) is 15.3. The summed E-state index contributed by atoms with van der Waals surface area (Å²) in [6.45, 7) is 8.28. The number of thioether (sulfide) groups is 1. The van der Waals surface area contributed by atoms with E-state index in [4.69, 9.17) is 31.0 Å². The number of aryl methyl sites for hydroxylation is 2. The maximum Gasteiger partial charge on any atom is 0.451 e. The molecule has 129 heavy (non-hydrogen) atoms. The fourth-order valence-electron chi connectivity index (χ4n) is 15.2. The van der Waals surface area contributed by atoms with Crippen LogP contribution in [-0.4, -0.2) is 154 Å². The van der Waals surface area contributed by atoms with Crippen LogP contribution in [0.2, 0.25) is 5.02 Å². The Morgan fingerprint density at radius 2 is 1.30 bits per heavy atom. The summed E-state index contributed by atoms with van der Waals surface area (Å²) in [4.78, 5) is 114. The van der Waals surface area contributed by atoms with Crippen molar-refractivity contribution in [2.24, 2.45) is 22.1 Å². The number of rotatable bonds is 24. The van der Waals surface area contributed by atoms with Crippen LogP contribution in [0.25, 0.3) is 10.8 Å². The second-order valence-corrected chi connectivity index (χ2v) is 36.7. The number of non-ortho nitro benzene ring substituents is 1. The van der Waals surface area contributed by atoms with Crippen LogP contribution in [0, 0.1) is 35.8 Å². The second-order valence-electron chi connectivity index (χ2n) is 30.3. The zero-order valence-corrected chi connectivity index (χ0v) is 74.0. The summed E-state index contributed by atoms with van der Waals surface area (Å²) < 4.78 is 136. The first kappa shape index (κ1) is 96.4. The van der Waals surface area contributed by atoms with Crippen molar-refractivity contribution in [3.8, 4) is 17.2 Å². The highest BCUT2D eigenvalue weighted by atomic mass is 35.5. The highest BCUT2D eigenvalue weighted by Crippen LogP contribution is 2.45. The molecule has 9 N–H and O–H groups in total. The number of hydrogen-bond acceptors (Lipinski definition) is 23. The number of nitrogens with two attached hydrogens (primary N) is 1. The molecule has 0 aromatic heterocycles. The summed E-state index contributed by atoms with van der Waals surface area (Å²) in [5.74, 6) is -10.2. The molecule has 1 fully saturated rings. The van der Waals surface area contributed by atoms with Crippen molar-refractivity contribution in [3.05, 3.63) is 277 Å². The van der Waals surface area contributed by atoms with E-state index < -0.39 is 117 Å². The Hall–Kier alpha value is -13.3. The van der Waals surface area contributed by atoms with Crippen molar-refractivity contribution in [2.75, 3.05) is 47.9 Å². The number of methoxy groups -OCH3 is 2. The van der Waals surface area contributed by atoms with Gasteiger partial charge in [0.1, 0.15) is 27.0 Å². The van der Waals surface area contributed by atoms with E-state index in [2.05, 4.69) is 25.3 Å². The summed E-state index contributed by atoms with van der Waals surface area (Å²) in [6.07, 6.45) is -2.14. The fourth-order valence-corrected chi connectivity index (χ4v) is 20.0. The standard InChI is InChI=1S/C26H26N2O5.C25H24F3NO6S.C23H22N4O8S.C16H15ClN2O3S2/c29-23(20-11-5-6-12-21(20)26(32)33)27-14-13-16-7-1-2-8-17(16)22(27)15-28-24(30)18-9-3-4-10-19(18)25(28)31;1-13(2)35-24(32)21(23(31)25(26,27)28)18-12-19(16-7-5-6-8-17(16)22(18)30)29-36(33,34)20-10-9-14(3)11-15(20)4;1-14(17-10-9-16(34-2)13-21(17)35-3)24-25-20-11-8-15(27(30)31)12-22(20)36(32,33)26-19-7-5-4-6-18(19)23(28)29;17-12-6-5-10(9-15(12)24(18,21)22)16(20)19-13-7-8-23-14-4-2-1-3-11(13)14/h1-4,7-10,20-22H,5-6,11-15H2,(H,32,33);5-13,21,29-30H,1-4H3;4-13,25-26H,1-3H3,(H,28,29);1-6,9,13H,7-8H2,(H,19,20)(H2,18,21,22).